The van der Waals surface area contributed by atoms with Gasteiger partial charge in [0.15, 0.2) is 0 Å². The van der Waals surface area contributed by atoms with Gasteiger partial charge < -0.3 is 19.6 Å². The van der Waals surface area contributed by atoms with Crippen molar-refractivity contribution in [3.05, 3.63) is 0 Å². The van der Waals surface area contributed by atoms with Gasteiger partial charge in [0.25, 0.3) is 0 Å². The molecule has 0 saturated carbocycles. The SMILES string of the molecule is CN1CCOC(CS(=O)(=O)N2CCN(CCCO)CC2)C1. The van der Waals surface area contributed by atoms with Gasteiger partial charge in [0.2, 0.25) is 10.0 Å². The van der Waals surface area contributed by atoms with Gasteiger partial charge >= 0.3 is 0 Å². The van der Waals surface area contributed by atoms with Crippen LogP contribution in [0.15, 0.2) is 0 Å². The second-order valence-corrected chi connectivity index (χ2v) is 7.87. The predicted molar refractivity (Wildman–Crippen MR) is 80.7 cm³/mol. The fourth-order valence-electron chi connectivity index (χ4n) is 2.83. The molecule has 2 fully saturated rings. The van der Waals surface area contributed by atoms with Crippen LogP contribution in [0.25, 0.3) is 0 Å². The van der Waals surface area contributed by atoms with E-state index in [1.54, 1.807) is 4.31 Å². The third-order valence-corrected chi connectivity index (χ3v) is 6.04. The molecule has 1 atom stereocenters. The van der Waals surface area contributed by atoms with Crippen molar-refractivity contribution in [1.29, 1.82) is 0 Å². The Morgan fingerprint density at radius 1 is 1.19 bits per heavy atom. The Hall–Kier alpha value is -0.250. The topological polar surface area (TPSA) is 73.3 Å². The van der Waals surface area contributed by atoms with Crippen LogP contribution < -0.4 is 0 Å². The van der Waals surface area contributed by atoms with E-state index in [0.717, 1.165) is 32.6 Å². The Kier molecular flexibility index (Phi) is 6.39. The molecule has 2 rings (SSSR count). The maximum Gasteiger partial charge on any atom is 0.216 e. The van der Waals surface area contributed by atoms with Crippen molar-refractivity contribution in [3.8, 4) is 0 Å². The van der Waals surface area contributed by atoms with E-state index in [-0.39, 0.29) is 18.5 Å². The van der Waals surface area contributed by atoms with Gasteiger partial charge in [-0.15, -0.1) is 0 Å². The van der Waals surface area contributed by atoms with Crippen LogP contribution in [0.2, 0.25) is 0 Å². The zero-order chi connectivity index (χ0) is 15.3. The summed E-state index contributed by atoms with van der Waals surface area (Å²) in [6.45, 7) is 5.72. The van der Waals surface area contributed by atoms with E-state index < -0.39 is 10.0 Å². The van der Waals surface area contributed by atoms with Crippen molar-refractivity contribution in [3.63, 3.8) is 0 Å². The van der Waals surface area contributed by atoms with Gasteiger partial charge in [-0.1, -0.05) is 0 Å². The molecule has 0 aromatic carbocycles. The van der Waals surface area contributed by atoms with Crippen LogP contribution in [-0.4, -0.2) is 106 Å². The average Bonchev–Trinajstić information content (AvgIpc) is 2.45. The summed E-state index contributed by atoms with van der Waals surface area (Å²) in [7, 11) is -1.26. The number of hydrogen-bond acceptors (Lipinski definition) is 6. The highest BCUT2D eigenvalue weighted by Crippen LogP contribution is 2.13. The second-order valence-electron chi connectivity index (χ2n) is 5.85. The Morgan fingerprint density at radius 3 is 2.52 bits per heavy atom. The van der Waals surface area contributed by atoms with E-state index in [1.807, 2.05) is 7.05 Å². The average molecular weight is 321 g/mol. The largest absolute Gasteiger partial charge is 0.396 e. The molecular formula is C13H27N3O4S. The van der Waals surface area contributed by atoms with Crippen LogP contribution in [-0.2, 0) is 14.8 Å². The number of morpholine rings is 1. The van der Waals surface area contributed by atoms with Crippen molar-refractivity contribution >= 4 is 10.0 Å². The highest BCUT2D eigenvalue weighted by atomic mass is 32.2. The lowest BCUT2D eigenvalue weighted by Crippen LogP contribution is -2.52. The van der Waals surface area contributed by atoms with Gasteiger partial charge in [-0.25, -0.2) is 8.42 Å². The predicted octanol–water partition coefficient (Wildman–Crippen LogP) is -1.35. The van der Waals surface area contributed by atoms with Gasteiger partial charge in [0.05, 0.1) is 18.5 Å². The van der Waals surface area contributed by atoms with E-state index in [4.69, 9.17) is 9.84 Å². The molecule has 2 aliphatic heterocycles. The van der Waals surface area contributed by atoms with Crippen LogP contribution in [0.1, 0.15) is 6.42 Å². The molecule has 124 valence electrons. The van der Waals surface area contributed by atoms with E-state index in [9.17, 15) is 8.42 Å². The van der Waals surface area contributed by atoms with Crippen LogP contribution >= 0.6 is 0 Å². The quantitative estimate of drug-likeness (QED) is 0.652. The fourth-order valence-corrected chi connectivity index (χ4v) is 4.44. The highest BCUT2D eigenvalue weighted by molar-refractivity contribution is 7.89. The number of sulfonamides is 1. The molecule has 1 N–H and O–H groups in total. The van der Waals surface area contributed by atoms with Gasteiger partial charge in [-0.2, -0.15) is 4.31 Å². The standard InChI is InChI=1S/C13H27N3O4S/c1-14-8-10-20-13(11-14)12-21(18,19)16-6-4-15(5-7-16)3-2-9-17/h13,17H,2-12H2,1H3. The summed E-state index contributed by atoms with van der Waals surface area (Å²) in [5.41, 5.74) is 0. The summed E-state index contributed by atoms with van der Waals surface area (Å²) in [5.74, 6) is 0.0774. The minimum atomic E-state index is -3.24. The number of hydrogen-bond donors (Lipinski definition) is 1. The molecule has 7 nitrogen and oxygen atoms in total. The Balaban J connectivity index is 1.80. The smallest absolute Gasteiger partial charge is 0.216 e. The van der Waals surface area contributed by atoms with E-state index in [0.29, 0.717) is 26.2 Å². The molecule has 1 unspecified atom stereocenters. The first-order valence-corrected chi connectivity index (χ1v) is 9.23. The first kappa shape index (κ1) is 17.1. The summed E-state index contributed by atoms with van der Waals surface area (Å²) in [6.07, 6.45) is 0.524. The van der Waals surface area contributed by atoms with Crippen molar-refractivity contribution < 1.29 is 18.3 Å². The molecule has 2 heterocycles. The lowest BCUT2D eigenvalue weighted by Gasteiger charge is -2.35. The van der Waals surface area contributed by atoms with E-state index in [2.05, 4.69) is 9.80 Å². The second kappa shape index (κ2) is 7.85. The summed E-state index contributed by atoms with van der Waals surface area (Å²) < 4.78 is 32.0. The number of piperazine rings is 1. The maximum atomic E-state index is 12.5. The molecular weight excluding hydrogens is 294 g/mol. The zero-order valence-electron chi connectivity index (χ0n) is 12.8. The van der Waals surface area contributed by atoms with E-state index >= 15 is 0 Å². The Bertz CT molecular complexity index is 410. The van der Waals surface area contributed by atoms with Crippen molar-refractivity contribution in [2.24, 2.45) is 0 Å². The first-order valence-electron chi connectivity index (χ1n) is 7.62. The highest BCUT2D eigenvalue weighted by Gasteiger charge is 2.31. The third-order valence-electron chi connectivity index (χ3n) is 4.10. The van der Waals surface area contributed by atoms with Crippen LogP contribution in [0.5, 0.6) is 0 Å². The van der Waals surface area contributed by atoms with Crippen molar-refractivity contribution in [2.75, 3.05) is 71.8 Å². The minimum absolute atomic E-state index is 0.0774. The fraction of sp³-hybridized carbons (Fsp3) is 1.00. The third kappa shape index (κ3) is 5.15. The van der Waals surface area contributed by atoms with Crippen molar-refractivity contribution in [1.82, 2.24) is 14.1 Å². The number of ether oxygens (including phenoxy) is 1. The summed E-state index contributed by atoms with van der Waals surface area (Å²) in [5, 5.41) is 8.83. The molecule has 2 saturated heterocycles. The van der Waals surface area contributed by atoms with E-state index in [1.165, 1.54) is 0 Å². The molecule has 0 amide bonds. The number of rotatable bonds is 6. The molecule has 2 aliphatic rings. The van der Waals surface area contributed by atoms with Crippen LogP contribution in [0.4, 0.5) is 0 Å². The lowest BCUT2D eigenvalue weighted by molar-refractivity contribution is -0.00742. The number of nitrogens with zero attached hydrogens (tertiary/aromatic N) is 3. The number of aliphatic hydroxyl groups excluding tert-OH is 1. The summed E-state index contributed by atoms with van der Waals surface area (Å²) in [6, 6.07) is 0. The normalized spacial score (nSPS) is 27.0. The molecule has 0 radical (unpaired) electrons. The molecule has 0 aliphatic carbocycles. The molecule has 0 aromatic rings. The number of likely N-dealkylation sites (N-methyl/N-ethyl adjacent to an activating group) is 1. The zero-order valence-corrected chi connectivity index (χ0v) is 13.6. The molecule has 21 heavy (non-hydrogen) atoms. The van der Waals surface area contributed by atoms with Gasteiger partial charge in [0.1, 0.15) is 0 Å². The molecule has 0 aromatic heterocycles. The van der Waals surface area contributed by atoms with Crippen molar-refractivity contribution in [2.45, 2.75) is 12.5 Å². The molecule has 8 heteroatoms. The molecule has 0 bridgehead atoms. The van der Waals surface area contributed by atoms with Crippen LogP contribution in [0.3, 0.4) is 0 Å². The Labute approximate surface area is 127 Å². The summed E-state index contributed by atoms with van der Waals surface area (Å²) >= 11 is 0. The van der Waals surface area contributed by atoms with Gasteiger partial charge in [-0.3, -0.25) is 0 Å². The number of aliphatic hydroxyl groups is 1. The first-order chi connectivity index (χ1) is 10.0. The maximum absolute atomic E-state index is 12.5. The van der Waals surface area contributed by atoms with Gasteiger partial charge in [-0.05, 0) is 13.5 Å². The monoisotopic (exact) mass is 321 g/mol. The minimum Gasteiger partial charge on any atom is -0.396 e. The van der Waals surface area contributed by atoms with Gasteiger partial charge in [0, 0.05) is 52.4 Å². The Morgan fingerprint density at radius 2 is 1.90 bits per heavy atom. The molecule has 0 spiro atoms. The lowest BCUT2D eigenvalue weighted by atomic mass is 10.3. The van der Waals surface area contributed by atoms with Crippen LogP contribution in [0, 0.1) is 0 Å². The summed E-state index contributed by atoms with van der Waals surface area (Å²) in [4.78, 5) is 4.31.